The zero-order valence-electron chi connectivity index (χ0n) is 18.6. The second-order valence-corrected chi connectivity index (χ2v) is 8.51. The van der Waals surface area contributed by atoms with E-state index in [1.165, 1.54) is 10.5 Å². The van der Waals surface area contributed by atoms with Gasteiger partial charge < -0.3 is 10.5 Å². The summed E-state index contributed by atoms with van der Waals surface area (Å²) in [6.45, 7) is 6.10. The van der Waals surface area contributed by atoms with Crippen molar-refractivity contribution in [2.24, 2.45) is 5.92 Å². The van der Waals surface area contributed by atoms with Gasteiger partial charge in [0.2, 0.25) is 5.91 Å². The van der Waals surface area contributed by atoms with E-state index in [0.717, 1.165) is 5.69 Å². The molecular formula is C26H29N3O3. The highest BCUT2D eigenvalue weighted by molar-refractivity contribution is 6.24. The van der Waals surface area contributed by atoms with Crippen molar-refractivity contribution < 1.29 is 14.7 Å². The van der Waals surface area contributed by atoms with Crippen molar-refractivity contribution in [3.8, 4) is 0 Å². The maximum atomic E-state index is 13.5. The molecule has 2 amide bonds. The summed E-state index contributed by atoms with van der Waals surface area (Å²) in [6.07, 6.45) is 6.18. The number of hydrazine groups is 1. The fourth-order valence-corrected chi connectivity index (χ4v) is 4.33. The van der Waals surface area contributed by atoms with E-state index >= 15 is 0 Å². The first-order chi connectivity index (χ1) is 15.4. The molecule has 1 fully saturated rings. The van der Waals surface area contributed by atoms with Crippen molar-refractivity contribution in [3.05, 3.63) is 84.5 Å². The minimum atomic E-state index is -0.840. The van der Waals surface area contributed by atoms with Crippen LogP contribution in [-0.4, -0.2) is 40.1 Å². The predicted molar refractivity (Wildman–Crippen MR) is 126 cm³/mol. The number of para-hydroxylation sites is 1. The molecule has 4 atom stereocenters. The van der Waals surface area contributed by atoms with Crippen molar-refractivity contribution in [1.82, 2.24) is 5.01 Å². The Labute approximate surface area is 188 Å². The standard InChI is InChI=1S/C26H29N3O3/c1-4-8-23(30)22-16-15-21-24(26(32)28(25(21)31)20-9-6-5-7-10-20)29(22)27-19-13-11-18(12-14-19)17(2)3/h4-17,21-24,27,30H,1-3H3. The Morgan fingerprint density at radius 1 is 0.969 bits per heavy atom. The molecule has 0 bridgehead atoms. The first kappa shape index (κ1) is 22.0. The third kappa shape index (κ3) is 3.99. The SMILES string of the molecule is CC=CC(O)C1C=CC2C(=O)N(c3ccccc3)C(=O)C2N1Nc1ccc(C(C)C)cc1. The molecule has 2 aromatic carbocycles. The Hall–Kier alpha value is -3.22. The topological polar surface area (TPSA) is 72.9 Å². The molecule has 2 N–H and O–H groups in total. The van der Waals surface area contributed by atoms with Gasteiger partial charge in [-0.2, -0.15) is 0 Å². The monoisotopic (exact) mass is 431 g/mol. The minimum Gasteiger partial charge on any atom is -0.387 e. The van der Waals surface area contributed by atoms with Gasteiger partial charge in [-0.1, -0.05) is 68.5 Å². The fraction of sp³-hybridized carbons (Fsp3) is 0.308. The third-order valence-corrected chi connectivity index (χ3v) is 6.05. The predicted octanol–water partition coefficient (Wildman–Crippen LogP) is 3.87. The molecule has 4 unspecified atom stereocenters. The smallest absolute Gasteiger partial charge is 0.254 e. The Morgan fingerprint density at radius 2 is 1.66 bits per heavy atom. The summed E-state index contributed by atoms with van der Waals surface area (Å²) in [6, 6.07) is 15.7. The molecule has 6 nitrogen and oxygen atoms in total. The third-order valence-electron chi connectivity index (χ3n) is 6.05. The highest BCUT2D eigenvalue weighted by Gasteiger charge is 2.53. The summed E-state index contributed by atoms with van der Waals surface area (Å²) < 4.78 is 0. The molecule has 0 spiro atoms. The van der Waals surface area contributed by atoms with Crippen molar-refractivity contribution in [3.63, 3.8) is 0 Å². The molecule has 0 saturated carbocycles. The quantitative estimate of drug-likeness (QED) is 0.537. The number of nitrogens with one attached hydrogen (secondary N) is 1. The lowest BCUT2D eigenvalue weighted by atomic mass is 9.92. The molecule has 0 radical (unpaired) electrons. The molecule has 2 aliphatic heterocycles. The first-order valence-corrected chi connectivity index (χ1v) is 11.0. The van der Waals surface area contributed by atoms with Crippen molar-refractivity contribution in [1.29, 1.82) is 0 Å². The Kier molecular flexibility index (Phi) is 6.26. The number of carbonyl (C=O) groups excluding carboxylic acids is 2. The summed E-state index contributed by atoms with van der Waals surface area (Å²) in [7, 11) is 0. The van der Waals surface area contributed by atoms with Crippen LogP contribution < -0.4 is 10.3 Å². The molecular weight excluding hydrogens is 402 g/mol. The Morgan fingerprint density at radius 3 is 2.28 bits per heavy atom. The van der Waals surface area contributed by atoms with Gasteiger partial charge >= 0.3 is 0 Å². The minimum absolute atomic E-state index is 0.261. The van der Waals surface area contributed by atoms with Gasteiger partial charge in [0.15, 0.2) is 0 Å². The van der Waals surface area contributed by atoms with Gasteiger partial charge in [-0.3, -0.25) is 9.59 Å². The second-order valence-electron chi connectivity index (χ2n) is 8.51. The van der Waals surface area contributed by atoms with Crippen LogP contribution in [0.2, 0.25) is 0 Å². The molecule has 2 heterocycles. The number of aliphatic hydroxyl groups is 1. The highest BCUT2D eigenvalue weighted by Crippen LogP contribution is 2.35. The van der Waals surface area contributed by atoms with Crippen molar-refractivity contribution in [2.45, 2.75) is 44.9 Å². The lowest BCUT2D eigenvalue weighted by Gasteiger charge is -2.40. The van der Waals surface area contributed by atoms with Gasteiger partial charge in [0.05, 0.1) is 23.8 Å². The number of benzene rings is 2. The largest absolute Gasteiger partial charge is 0.387 e. The summed E-state index contributed by atoms with van der Waals surface area (Å²) in [5.74, 6) is -0.786. The molecule has 4 rings (SSSR count). The van der Waals surface area contributed by atoms with Crippen LogP contribution in [0.25, 0.3) is 0 Å². The summed E-state index contributed by atoms with van der Waals surface area (Å²) in [4.78, 5) is 28.0. The van der Waals surface area contributed by atoms with Crippen LogP contribution >= 0.6 is 0 Å². The zero-order chi connectivity index (χ0) is 22.8. The maximum absolute atomic E-state index is 13.5. The number of amides is 2. The summed E-state index contributed by atoms with van der Waals surface area (Å²) in [5.41, 5.74) is 5.87. The normalized spacial score (nSPS) is 24.4. The van der Waals surface area contributed by atoms with Crippen LogP contribution in [0.5, 0.6) is 0 Å². The Balaban J connectivity index is 1.70. The number of hydrogen-bond donors (Lipinski definition) is 2. The van der Waals surface area contributed by atoms with E-state index in [-0.39, 0.29) is 11.8 Å². The van der Waals surface area contributed by atoms with E-state index in [2.05, 4.69) is 19.3 Å². The molecule has 32 heavy (non-hydrogen) atoms. The number of anilines is 2. The molecule has 166 valence electrons. The maximum Gasteiger partial charge on any atom is 0.254 e. The van der Waals surface area contributed by atoms with E-state index < -0.39 is 24.1 Å². The number of fused-ring (bicyclic) bond motifs is 1. The summed E-state index contributed by atoms with van der Waals surface area (Å²) in [5, 5.41) is 12.5. The van der Waals surface area contributed by atoms with E-state index in [9.17, 15) is 14.7 Å². The lowest BCUT2D eigenvalue weighted by molar-refractivity contribution is -0.123. The molecule has 2 aromatic rings. The average Bonchev–Trinajstić information content (AvgIpc) is 3.05. The van der Waals surface area contributed by atoms with Gasteiger partial charge in [-0.05, 0) is 42.7 Å². The van der Waals surface area contributed by atoms with Gasteiger partial charge in [-0.25, -0.2) is 9.91 Å². The van der Waals surface area contributed by atoms with E-state index in [1.54, 1.807) is 53.6 Å². The van der Waals surface area contributed by atoms with Crippen LogP contribution in [0.3, 0.4) is 0 Å². The van der Waals surface area contributed by atoms with Gasteiger partial charge in [0.25, 0.3) is 5.91 Å². The van der Waals surface area contributed by atoms with Crippen molar-refractivity contribution >= 4 is 23.2 Å². The zero-order valence-corrected chi connectivity index (χ0v) is 18.6. The van der Waals surface area contributed by atoms with E-state index in [0.29, 0.717) is 11.6 Å². The number of imide groups is 1. The Bertz CT molecular complexity index is 1030. The van der Waals surface area contributed by atoms with Crippen LogP contribution in [-0.2, 0) is 9.59 Å². The van der Waals surface area contributed by atoms with Crippen LogP contribution in [0.15, 0.2) is 78.9 Å². The highest BCUT2D eigenvalue weighted by atomic mass is 16.3. The second kappa shape index (κ2) is 9.10. The number of carbonyl (C=O) groups is 2. The van der Waals surface area contributed by atoms with E-state index in [1.807, 2.05) is 37.3 Å². The van der Waals surface area contributed by atoms with Crippen molar-refractivity contribution in [2.75, 3.05) is 10.3 Å². The fourth-order valence-electron chi connectivity index (χ4n) is 4.33. The van der Waals surface area contributed by atoms with Crippen LogP contribution in [0.4, 0.5) is 11.4 Å². The number of nitrogens with zero attached hydrogens (tertiary/aromatic N) is 2. The molecule has 6 heteroatoms. The number of hydrogen-bond acceptors (Lipinski definition) is 5. The van der Waals surface area contributed by atoms with Gasteiger partial charge in [-0.15, -0.1) is 0 Å². The van der Waals surface area contributed by atoms with Crippen LogP contribution in [0, 0.1) is 5.92 Å². The molecule has 0 aliphatic carbocycles. The molecule has 2 aliphatic rings. The molecule has 0 aromatic heterocycles. The summed E-state index contributed by atoms with van der Waals surface area (Å²) >= 11 is 0. The number of aliphatic hydroxyl groups excluding tert-OH is 1. The average molecular weight is 432 g/mol. The number of rotatable bonds is 6. The van der Waals surface area contributed by atoms with E-state index in [4.69, 9.17) is 0 Å². The van der Waals surface area contributed by atoms with Gasteiger partial charge in [0.1, 0.15) is 6.04 Å². The van der Waals surface area contributed by atoms with Gasteiger partial charge in [0, 0.05) is 5.69 Å². The van der Waals surface area contributed by atoms with Crippen LogP contribution in [0.1, 0.15) is 32.3 Å². The lowest BCUT2D eigenvalue weighted by Crippen LogP contribution is -2.57. The molecule has 1 saturated heterocycles. The number of allylic oxidation sites excluding steroid dienone is 1. The first-order valence-electron chi connectivity index (χ1n) is 11.0.